The summed E-state index contributed by atoms with van der Waals surface area (Å²) < 4.78 is 20.3. The molecule has 5 heterocycles. The monoisotopic (exact) mass is 500 g/mol. The minimum atomic E-state index is -0.385. The number of esters is 1. The SMILES string of the molecule is COC(=O)c1ccc2c3ncc(-c4c(C)nnn4C)cc3n(C(c3cc(C)on3)C3CCOCC3)c2c1. The molecular formula is C27H28N6O4. The van der Waals surface area contributed by atoms with Gasteiger partial charge in [-0.2, -0.15) is 0 Å². The molecule has 4 aromatic heterocycles. The molecule has 6 rings (SSSR count). The number of hydrogen-bond donors (Lipinski definition) is 0. The van der Waals surface area contributed by atoms with Crippen LogP contribution in [-0.2, 0) is 16.5 Å². The summed E-state index contributed by atoms with van der Waals surface area (Å²) in [7, 11) is 3.27. The first kappa shape index (κ1) is 23.4. The van der Waals surface area contributed by atoms with Gasteiger partial charge in [-0.05, 0) is 56.9 Å². The predicted molar refractivity (Wildman–Crippen MR) is 136 cm³/mol. The van der Waals surface area contributed by atoms with Crippen molar-refractivity contribution >= 4 is 27.9 Å². The highest BCUT2D eigenvalue weighted by Gasteiger charge is 2.32. The molecule has 0 saturated carbocycles. The number of aryl methyl sites for hydroxylation is 3. The van der Waals surface area contributed by atoms with Crippen LogP contribution in [-0.4, -0.2) is 56.0 Å². The lowest BCUT2D eigenvalue weighted by atomic mass is 9.89. The van der Waals surface area contributed by atoms with E-state index in [1.165, 1.54) is 7.11 Å². The molecule has 1 aliphatic heterocycles. The average Bonchev–Trinajstić information content (AvgIpc) is 3.59. The molecule has 0 radical (unpaired) electrons. The molecule has 1 aliphatic rings. The van der Waals surface area contributed by atoms with E-state index in [0.717, 1.165) is 63.2 Å². The van der Waals surface area contributed by atoms with Crippen LogP contribution in [0.25, 0.3) is 33.2 Å². The second kappa shape index (κ2) is 9.11. The molecule has 0 spiro atoms. The minimum Gasteiger partial charge on any atom is -0.465 e. The van der Waals surface area contributed by atoms with Crippen molar-refractivity contribution in [1.82, 2.24) is 29.7 Å². The molecule has 0 N–H and O–H groups in total. The number of ether oxygens (including phenoxy) is 2. The Morgan fingerprint density at radius 3 is 2.62 bits per heavy atom. The van der Waals surface area contributed by atoms with Gasteiger partial charge in [-0.15, -0.1) is 5.10 Å². The Bertz CT molecular complexity index is 1610. The summed E-state index contributed by atoms with van der Waals surface area (Å²) in [5.41, 5.74) is 6.64. The third-order valence-electron chi connectivity index (χ3n) is 7.27. The summed E-state index contributed by atoms with van der Waals surface area (Å²) in [4.78, 5) is 17.4. The summed E-state index contributed by atoms with van der Waals surface area (Å²) in [5.74, 6) is 0.616. The molecule has 10 heteroatoms. The van der Waals surface area contributed by atoms with Gasteiger partial charge in [-0.3, -0.25) is 4.98 Å². The molecule has 0 amide bonds. The lowest BCUT2D eigenvalue weighted by Crippen LogP contribution is -2.27. The lowest BCUT2D eigenvalue weighted by molar-refractivity contribution is 0.0543. The summed E-state index contributed by atoms with van der Waals surface area (Å²) in [6, 6.07) is 9.60. The number of carbonyl (C=O) groups excluding carboxylic acids is 1. The molecule has 1 aromatic carbocycles. The van der Waals surface area contributed by atoms with Crippen molar-refractivity contribution in [3.05, 3.63) is 59.2 Å². The Hall–Kier alpha value is -4.05. The van der Waals surface area contributed by atoms with Crippen LogP contribution in [0.5, 0.6) is 0 Å². The van der Waals surface area contributed by atoms with Crippen molar-refractivity contribution < 1.29 is 18.8 Å². The smallest absolute Gasteiger partial charge is 0.337 e. The van der Waals surface area contributed by atoms with Gasteiger partial charge in [-0.1, -0.05) is 10.4 Å². The van der Waals surface area contributed by atoms with Gasteiger partial charge in [0, 0.05) is 43.5 Å². The van der Waals surface area contributed by atoms with Crippen LogP contribution < -0.4 is 0 Å². The van der Waals surface area contributed by atoms with Crippen LogP contribution in [0.4, 0.5) is 0 Å². The zero-order chi connectivity index (χ0) is 25.7. The maximum atomic E-state index is 12.5. The zero-order valence-corrected chi connectivity index (χ0v) is 21.3. The maximum absolute atomic E-state index is 12.5. The first-order chi connectivity index (χ1) is 18.0. The molecular weight excluding hydrogens is 472 g/mol. The van der Waals surface area contributed by atoms with Crippen molar-refractivity contribution in [2.45, 2.75) is 32.7 Å². The molecule has 5 aromatic rings. The van der Waals surface area contributed by atoms with Crippen LogP contribution in [0.2, 0.25) is 0 Å². The van der Waals surface area contributed by atoms with Gasteiger partial charge in [0.15, 0.2) is 0 Å². The van der Waals surface area contributed by atoms with E-state index in [-0.39, 0.29) is 17.9 Å². The van der Waals surface area contributed by atoms with E-state index >= 15 is 0 Å². The maximum Gasteiger partial charge on any atom is 0.337 e. The molecule has 1 unspecified atom stereocenters. The fraction of sp³-hybridized carbons (Fsp3) is 0.370. The normalized spacial score (nSPS) is 15.5. The summed E-state index contributed by atoms with van der Waals surface area (Å²) in [6.45, 7) is 5.21. The Kier molecular flexibility index (Phi) is 5.75. The number of carbonyl (C=O) groups is 1. The van der Waals surface area contributed by atoms with Crippen molar-refractivity contribution in [3.8, 4) is 11.3 Å². The van der Waals surface area contributed by atoms with Gasteiger partial charge in [0.05, 0.1) is 46.7 Å². The molecule has 0 aliphatic carbocycles. The largest absolute Gasteiger partial charge is 0.465 e. The van der Waals surface area contributed by atoms with Gasteiger partial charge in [-0.25, -0.2) is 9.48 Å². The molecule has 1 fully saturated rings. The fourth-order valence-corrected chi connectivity index (χ4v) is 5.58. The van der Waals surface area contributed by atoms with Gasteiger partial charge in [0.2, 0.25) is 0 Å². The highest BCUT2D eigenvalue weighted by atomic mass is 16.5. The Balaban J connectivity index is 1.68. The number of fused-ring (bicyclic) bond motifs is 3. The van der Waals surface area contributed by atoms with Crippen molar-refractivity contribution in [1.29, 1.82) is 0 Å². The van der Waals surface area contributed by atoms with Crippen LogP contribution in [0.1, 0.15) is 46.4 Å². The first-order valence-corrected chi connectivity index (χ1v) is 12.4. The Labute approximate surface area is 213 Å². The van der Waals surface area contributed by atoms with Gasteiger partial charge in [0.25, 0.3) is 0 Å². The summed E-state index contributed by atoms with van der Waals surface area (Å²) in [5, 5.41) is 13.8. The average molecular weight is 501 g/mol. The van der Waals surface area contributed by atoms with Crippen molar-refractivity contribution in [2.24, 2.45) is 13.0 Å². The van der Waals surface area contributed by atoms with Gasteiger partial charge >= 0.3 is 5.97 Å². The van der Waals surface area contributed by atoms with Crippen molar-refractivity contribution in [3.63, 3.8) is 0 Å². The minimum absolute atomic E-state index is 0.142. The van der Waals surface area contributed by atoms with E-state index in [9.17, 15) is 4.79 Å². The predicted octanol–water partition coefficient (Wildman–Crippen LogP) is 4.39. The number of hydrogen-bond acceptors (Lipinski definition) is 8. The summed E-state index contributed by atoms with van der Waals surface area (Å²) in [6.07, 6.45) is 3.62. The molecule has 10 nitrogen and oxygen atoms in total. The second-order valence-corrected chi connectivity index (χ2v) is 9.59. The highest BCUT2D eigenvalue weighted by molar-refractivity contribution is 6.08. The van der Waals surface area contributed by atoms with E-state index in [2.05, 4.69) is 26.1 Å². The van der Waals surface area contributed by atoms with Crippen LogP contribution in [0, 0.1) is 19.8 Å². The summed E-state index contributed by atoms with van der Waals surface area (Å²) >= 11 is 0. The first-order valence-electron chi connectivity index (χ1n) is 12.4. The number of methoxy groups -OCH3 is 1. The highest BCUT2D eigenvalue weighted by Crippen LogP contribution is 2.41. The molecule has 190 valence electrons. The van der Waals surface area contributed by atoms with Gasteiger partial charge < -0.3 is 18.6 Å². The zero-order valence-electron chi connectivity index (χ0n) is 21.3. The van der Waals surface area contributed by atoms with E-state index < -0.39 is 0 Å². The van der Waals surface area contributed by atoms with Gasteiger partial charge in [0.1, 0.15) is 11.5 Å². The lowest BCUT2D eigenvalue weighted by Gasteiger charge is -2.31. The van der Waals surface area contributed by atoms with Crippen LogP contribution in [0.15, 0.2) is 41.1 Å². The second-order valence-electron chi connectivity index (χ2n) is 9.59. The number of rotatable bonds is 5. The molecule has 1 saturated heterocycles. The van der Waals surface area contributed by atoms with E-state index in [1.54, 1.807) is 10.7 Å². The topological polar surface area (TPSA) is 110 Å². The number of benzene rings is 1. The van der Waals surface area contributed by atoms with Crippen LogP contribution >= 0.6 is 0 Å². The fourth-order valence-electron chi connectivity index (χ4n) is 5.58. The third kappa shape index (κ3) is 3.88. The van der Waals surface area contributed by atoms with Crippen LogP contribution in [0.3, 0.4) is 0 Å². The Morgan fingerprint density at radius 1 is 1.14 bits per heavy atom. The van der Waals surface area contributed by atoms with E-state index in [0.29, 0.717) is 18.8 Å². The Morgan fingerprint density at radius 2 is 1.95 bits per heavy atom. The number of pyridine rings is 1. The van der Waals surface area contributed by atoms with E-state index in [4.69, 9.17) is 19.0 Å². The quantitative estimate of drug-likeness (QED) is 0.327. The number of aromatic nitrogens is 6. The third-order valence-corrected chi connectivity index (χ3v) is 7.27. The number of nitrogens with zero attached hydrogens (tertiary/aromatic N) is 6. The van der Waals surface area contributed by atoms with Crippen molar-refractivity contribution in [2.75, 3.05) is 20.3 Å². The molecule has 1 atom stereocenters. The molecule has 37 heavy (non-hydrogen) atoms. The van der Waals surface area contributed by atoms with E-state index in [1.807, 2.05) is 45.3 Å². The standard InChI is InChI=1S/C27H28N6O4/c1-15-11-21(30-37-15)26(17-7-9-36-10-8-17)33-22-12-18(27(34)35-4)5-6-20(22)24-23(33)13-19(14-28-24)25-16(2)29-31-32(25)3/h5-6,11-14,17,26H,7-10H2,1-4H3. The molecule has 0 bridgehead atoms.